The molecule has 0 spiro atoms. The van der Waals surface area contributed by atoms with E-state index in [0.29, 0.717) is 18.6 Å². The number of halogens is 7. The quantitative estimate of drug-likeness (QED) is 0.127. The lowest BCUT2D eigenvalue weighted by Crippen LogP contribution is -1.98. The largest absolute Gasteiger partial charge is 0.206 e. The van der Waals surface area contributed by atoms with E-state index in [1.165, 1.54) is 12.1 Å². The lowest BCUT2D eigenvalue weighted by Gasteiger charge is -2.12. The predicted octanol–water partition coefficient (Wildman–Crippen LogP) is 9.66. The van der Waals surface area contributed by atoms with Crippen molar-refractivity contribution in [2.24, 2.45) is 0 Å². The summed E-state index contributed by atoms with van der Waals surface area (Å²) in [6.45, 7) is 2.12. The Bertz CT molecular complexity index is 1400. The van der Waals surface area contributed by atoms with Gasteiger partial charge in [0.15, 0.2) is 17.5 Å². The van der Waals surface area contributed by atoms with Gasteiger partial charge >= 0.3 is 0 Å². The van der Waals surface area contributed by atoms with E-state index in [9.17, 15) is 22.0 Å². The third-order valence-corrected chi connectivity index (χ3v) is 6.27. The van der Waals surface area contributed by atoms with E-state index in [0.717, 1.165) is 55.9 Å². The van der Waals surface area contributed by atoms with Gasteiger partial charge in [-0.1, -0.05) is 44.7 Å². The number of benzene rings is 4. The van der Waals surface area contributed by atoms with Crippen molar-refractivity contribution >= 4 is 10.8 Å². The molecule has 0 nitrogen and oxygen atoms in total. The van der Waals surface area contributed by atoms with Gasteiger partial charge in [-0.05, 0) is 71.3 Å². The summed E-state index contributed by atoms with van der Waals surface area (Å²) in [5.41, 5.74) is -0.271. The second kappa shape index (κ2) is 10.7. The summed E-state index contributed by atoms with van der Waals surface area (Å²) in [6, 6.07) is 8.49. The molecule has 36 heavy (non-hydrogen) atoms. The molecule has 0 saturated carbocycles. The van der Waals surface area contributed by atoms with Crippen LogP contribution in [0.3, 0.4) is 0 Å². The summed E-state index contributed by atoms with van der Waals surface area (Å²) < 4.78 is 100. The van der Waals surface area contributed by atoms with Gasteiger partial charge in [0.1, 0.15) is 23.3 Å². The molecule has 0 unspecified atom stereocenters. The monoisotopic (exact) mass is 504 g/mol. The van der Waals surface area contributed by atoms with Crippen LogP contribution in [0.2, 0.25) is 0 Å². The third kappa shape index (κ3) is 5.11. The van der Waals surface area contributed by atoms with Crippen molar-refractivity contribution < 1.29 is 30.7 Å². The molecular formula is C29H23F7. The summed E-state index contributed by atoms with van der Waals surface area (Å²) in [4.78, 5) is 0. The van der Waals surface area contributed by atoms with E-state index >= 15 is 8.78 Å². The second-order valence-corrected chi connectivity index (χ2v) is 8.84. The fourth-order valence-electron chi connectivity index (χ4n) is 4.42. The average Bonchev–Trinajstić information content (AvgIpc) is 2.81. The van der Waals surface area contributed by atoms with Crippen LogP contribution in [0.5, 0.6) is 0 Å². The minimum absolute atomic E-state index is 0.00149. The summed E-state index contributed by atoms with van der Waals surface area (Å²) in [6.07, 6.45) is 6.05. The van der Waals surface area contributed by atoms with Crippen molar-refractivity contribution in [2.75, 3.05) is 0 Å². The molecule has 0 N–H and O–H groups in total. The maximum absolute atomic E-state index is 15.0. The van der Waals surface area contributed by atoms with Gasteiger partial charge in [-0.3, -0.25) is 0 Å². The van der Waals surface area contributed by atoms with E-state index in [-0.39, 0.29) is 16.7 Å². The number of hydrogen-bond acceptors (Lipinski definition) is 0. The van der Waals surface area contributed by atoms with Gasteiger partial charge in [0.2, 0.25) is 0 Å². The van der Waals surface area contributed by atoms with Gasteiger partial charge < -0.3 is 0 Å². The van der Waals surface area contributed by atoms with Crippen molar-refractivity contribution in [1.29, 1.82) is 0 Å². The Morgan fingerprint density at radius 1 is 0.556 bits per heavy atom. The molecule has 188 valence electrons. The minimum atomic E-state index is -1.85. The summed E-state index contributed by atoms with van der Waals surface area (Å²) >= 11 is 0. The van der Waals surface area contributed by atoms with Crippen LogP contribution in [-0.4, -0.2) is 0 Å². The standard InChI is InChI=1S/C29H23F7/c1-2-3-4-5-6-7-16-8-9-20(21(30)10-16)17-12-22(31)26(23(32)13-17)18-11-19-15-25(34)28(35)29(36)27(19)24(33)14-18/h8-15H,2-7H2,1H3. The maximum atomic E-state index is 15.0. The van der Waals surface area contributed by atoms with Crippen LogP contribution in [0, 0.1) is 40.7 Å². The van der Waals surface area contributed by atoms with Gasteiger partial charge in [-0.25, -0.2) is 30.7 Å². The first kappa shape index (κ1) is 25.7. The fraction of sp³-hybridized carbons (Fsp3) is 0.241. The van der Waals surface area contributed by atoms with Crippen LogP contribution in [-0.2, 0) is 6.42 Å². The predicted molar refractivity (Wildman–Crippen MR) is 127 cm³/mol. The first-order chi connectivity index (χ1) is 17.2. The molecule has 0 radical (unpaired) electrons. The highest BCUT2D eigenvalue weighted by Crippen LogP contribution is 2.36. The Balaban J connectivity index is 1.66. The molecule has 0 aliphatic carbocycles. The zero-order valence-electron chi connectivity index (χ0n) is 19.5. The van der Waals surface area contributed by atoms with Crippen LogP contribution in [0.1, 0.15) is 44.6 Å². The van der Waals surface area contributed by atoms with Crippen molar-refractivity contribution in [3.63, 3.8) is 0 Å². The highest BCUT2D eigenvalue weighted by Gasteiger charge is 2.21. The molecule has 0 heterocycles. The summed E-state index contributed by atoms with van der Waals surface area (Å²) in [5, 5.41) is -1.23. The van der Waals surface area contributed by atoms with Crippen LogP contribution < -0.4 is 0 Å². The van der Waals surface area contributed by atoms with Crippen molar-refractivity contribution in [1.82, 2.24) is 0 Å². The molecule has 0 fully saturated rings. The van der Waals surface area contributed by atoms with Crippen molar-refractivity contribution in [3.8, 4) is 22.3 Å². The summed E-state index contributed by atoms with van der Waals surface area (Å²) in [7, 11) is 0. The topological polar surface area (TPSA) is 0 Å². The van der Waals surface area contributed by atoms with Crippen molar-refractivity contribution in [2.45, 2.75) is 45.4 Å². The number of unbranched alkanes of at least 4 members (excludes halogenated alkanes) is 4. The molecule has 7 heteroatoms. The molecule has 4 rings (SSSR count). The SMILES string of the molecule is CCCCCCCc1ccc(-c2cc(F)c(-c3cc(F)c4c(F)c(F)c(F)cc4c3)c(F)c2)c(F)c1. The number of hydrogen-bond donors (Lipinski definition) is 0. The lowest BCUT2D eigenvalue weighted by atomic mass is 9.95. The molecule has 0 aromatic heterocycles. The highest BCUT2D eigenvalue weighted by atomic mass is 19.2. The first-order valence-electron chi connectivity index (χ1n) is 11.8. The summed E-state index contributed by atoms with van der Waals surface area (Å²) in [5.74, 6) is -9.31. The first-order valence-corrected chi connectivity index (χ1v) is 11.8. The molecule has 0 saturated heterocycles. The number of fused-ring (bicyclic) bond motifs is 1. The van der Waals surface area contributed by atoms with Gasteiger partial charge in [-0.15, -0.1) is 0 Å². The Morgan fingerprint density at radius 3 is 1.89 bits per heavy atom. The smallest absolute Gasteiger partial charge is 0.195 e. The van der Waals surface area contributed by atoms with Gasteiger partial charge in [0.05, 0.1) is 10.9 Å². The van der Waals surface area contributed by atoms with Crippen LogP contribution in [0.4, 0.5) is 30.7 Å². The zero-order valence-corrected chi connectivity index (χ0v) is 19.5. The van der Waals surface area contributed by atoms with Gasteiger partial charge in [0, 0.05) is 5.56 Å². The van der Waals surface area contributed by atoms with E-state index in [2.05, 4.69) is 6.92 Å². The van der Waals surface area contributed by atoms with E-state index in [1.54, 1.807) is 6.07 Å². The van der Waals surface area contributed by atoms with Crippen LogP contribution >= 0.6 is 0 Å². The van der Waals surface area contributed by atoms with E-state index in [1.807, 2.05) is 0 Å². The van der Waals surface area contributed by atoms with Crippen LogP contribution in [0.15, 0.2) is 48.5 Å². The minimum Gasteiger partial charge on any atom is -0.206 e. The average molecular weight is 504 g/mol. The third-order valence-electron chi connectivity index (χ3n) is 6.27. The van der Waals surface area contributed by atoms with Gasteiger partial charge in [0.25, 0.3) is 0 Å². The van der Waals surface area contributed by atoms with Crippen molar-refractivity contribution in [3.05, 3.63) is 94.8 Å². The van der Waals surface area contributed by atoms with E-state index < -0.39 is 57.1 Å². The molecule has 0 bridgehead atoms. The number of rotatable bonds is 8. The molecule has 0 atom stereocenters. The Morgan fingerprint density at radius 2 is 1.22 bits per heavy atom. The Labute approximate surface area is 204 Å². The van der Waals surface area contributed by atoms with Crippen LogP contribution in [0.25, 0.3) is 33.0 Å². The lowest BCUT2D eigenvalue weighted by molar-refractivity contribution is 0.451. The van der Waals surface area contributed by atoms with E-state index in [4.69, 9.17) is 0 Å². The molecule has 0 aliphatic heterocycles. The fourth-order valence-corrected chi connectivity index (χ4v) is 4.42. The molecule has 0 amide bonds. The Hall–Kier alpha value is -3.35. The Kier molecular flexibility index (Phi) is 7.67. The normalized spacial score (nSPS) is 11.4. The molecule has 4 aromatic rings. The second-order valence-electron chi connectivity index (χ2n) is 8.84. The molecule has 0 aliphatic rings. The molecular weight excluding hydrogens is 481 g/mol. The maximum Gasteiger partial charge on any atom is 0.195 e. The highest BCUT2D eigenvalue weighted by molar-refractivity contribution is 5.89. The number of aryl methyl sites for hydroxylation is 1. The van der Waals surface area contributed by atoms with Gasteiger partial charge in [-0.2, -0.15) is 0 Å². The zero-order chi connectivity index (χ0) is 26.0. The molecule has 4 aromatic carbocycles.